The van der Waals surface area contributed by atoms with Gasteiger partial charge in [-0.15, -0.1) is 5.10 Å². The van der Waals surface area contributed by atoms with E-state index in [1.54, 1.807) is 30.3 Å². The molecule has 0 aliphatic carbocycles. The molecule has 0 saturated carbocycles. The molecule has 3 aromatic rings. The summed E-state index contributed by atoms with van der Waals surface area (Å²) in [7, 11) is 0. The summed E-state index contributed by atoms with van der Waals surface area (Å²) in [5.74, 6) is -1.20. The molecule has 0 atom stereocenters. The summed E-state index contributed by atoms with van der Waals surface area (Å²) >= 11 is 3.22. The zero-order chi connectivity index (χ0) is 17.8. The molecule has 25 heavy (non-hydrogen) atoms. The van der Waals surface area contributed by atoms with Crippen molar-refractivity contribution in [2.45, 2.75) is 6.73 Å². The molecule has 6 nitrogen and oxygen atoms in total. The molecule has 8 heteroatoms. The zero-order valence-corrected chi connectivity index (χ0v) is 14.3. The van der Waals surface area contributed by atoms with Crippen LogP contribution in [0.3, 0.4) is 0 Å². The highest BCUT2D eigenvalue weighted by molar-refractivity contribution is 9.10. The van der Waals surface area contributed by atoms with Crippen LogP contribution >= 0.6 is 15.9 Å². The molecule has 1 heterocycles. The maximum absolute atomic E-state index is 13.6. The number of esters is 1. The van der Waals surface area contributed by atoms with E-state index in [-0.39, 0.29) is 12.3 Å². The smallest absolute Gasteiger partial charge is 0.332 e. The lowest BCUT2D eigenvalue weighted by Crippen LogP contribution is -2.26. The van der Waals surface area contributed by atoms with Gasteiger partial charge in [-0.3, -0.25) is 4.79 Å². The lowest BCUT2D eigenvalue weighted by atomic mass is 10.2. The number of ether oxygens (including phenoxy) is 1. The van der Waals surface area contributed by atoms with Gasteiger partial charge in [-0.2, -0.15) is 4.68 Å². The fourth-order valence-electron chi connectivity index (χ4n) is 2.08. The second-order valence-electron chi connectivity index (χ2n) is 5.00. The van der Waals surface area contributed by atoms with Gasteiger partial charge in [-0.25, -0.2) is 9.18 Å². The van der Waals surface area contributed by atoms with Crippen LogP contribution in [0.5, 0.6) is 0 Å². The van der Waals surface area contributed by atoms with E-state index in [0.717, 1.165) is 10.8 Å². The van der Waals surface area contributed by atoms with Gasteiger partial charge in [0, 0.05) is 16.1 Å². The number of hydrogen-bond donors (Lipinski definition) is 0. The van der Waals surface area contributed by atoms with E-state index < -0.39 is 17.3 Å². The molecular formula is C17H11BrFN3O3. The third kappa shape index (κ3) is 3.97. The molecule has 0 aliphatic rings. The first-order valence-electron chi connectivity index (χ1n) is 7.17. The molecule has 0 amide bonds. The number of aromatic nitrogens is 3. The Kier molecular flexibility index (Phi) is 4.99. The predicted octanol–water partition coefficient (Wildman–Crippen LogP) is 2.91. The third-order valence-electron chi connectivity index (χ3n) is 3.32. The minimum Gasteiger partial charge on any atom is -0.439 e. The summed E-state index contributed by atoms with van der Waals surface area (Å²) in [6.45, 7) is -0.388. The van der Waals surface area contributed by atoms with Gasteiger partial charge in [0.2, 0.25) is 0 Å². The molecule has 0 aliphatic heterocycles. The van der Waals surface area contributed by atoms with Gasteiger partial charge < -0.3 is 4.74 Å². The van der Waals surface area contributed by atoms with Crippen LogP contribution in [-0.4, -0.2) is 21.0 Å². The SMILES string of the molecule is O=C(/C=C/c1cc(Br)ccc1F)OCn1nnc2ccccc2c1=O. The van der Waals surface area contributed by atoms with Gasteiger partial charge in [0.25, 0.3) is 5.56 Å². The van der Waals surface area contributed by atoms with Crippen LogP contribution in [-0.2, 0) is 16.3 Å². The third-order valence-corrected chi connectivity index (χ3v) is 3.81. The minimum atomic E-state index is -0.735. The number of benzene rings is 2. The summed E-state index contributed by atoms with van der Waals surface area (Å²) < 4.78 is 20.2. The first-order valence-corrected chi connectivity index (χ1v) is 7.96. The highest BCUT2D eigenvalue weighted by Crippen LogP contribution is 2.16. The van der Waals surface area contributed by atoms with E-state index in [2.05, 4.69) is 26.2 Å². The van der Waals surface area contributed by atoms with Crippen LogP contribution in [0.1, 0.15) is 5.56 Å². The van der Waals surface area contributed by atoms with E-state index in [9.17, 15) is 14.0 Å². The summed E-state index contributed by atoms with van der Waals surface area (Å²) in [4.78, 5) is 24.0. The lowest BCUT2D eigenvalue weighted by molar-refractivity contribution is -0.141. The Hall–Kier alpha value is -2.87. The van der Waals surface area contributed by atoms with E-state index in [4.69, 9.17) is 4.74 Å². The summed E-state index contributed by atoms with van der Waals surface area (Å²) in [6, 6.07) is 11.1. The Labute approximate surface area is 149 Å². The number of nitrogens with zero attached hydrogens (tertiary/aromatic N) is 3. The minimum absolute atomic E-state index is 0.231. The second kappa shape index (κ2) is 7.35. The van der Waals surface area contributed by atoms with Gasteiger partial charge in [-0.05, 0) is 36.4 Å². The van der Waals surface area contributed by atoms with Crippen molar-refractivity contribution in [2.75, 3.05) is 0 Å². The maximum Gasteiger partial charge on any atom is 0.332 e. The quantitative estimate of drug-likeness (QED) is 0.494. The van der Waals surface area contributed by atoms with Crippen molar-refractivity contribution in [1.82, 2.24) is 15.0 Å². The highest BCUT2D eigenvalue weighted by atomic mass is 79.9. The number of fused-ring (bicyclic) bond motifs is 1. The van der Waals surface area contributed by atoms with Gasteiger partial charge in [0.05, 0.1) is 5.39 Å². The largest absolute Gasteiger partial charge is 0.439 e. The zero-order valence-electron chi connectivity index (χ0n) is 12.7. The van der Waals surface area contributed by atoms with Gasteiger partial charge >= 0.3 is 5.97 Å². The fourth-order valence-corrected chi connectivity index (χ4v) is 2.46. The highest BCUT2D eigenvalue weighted by Gasteiger charge is 2.07. The molecular weight excluding hydrogens is 393 g/mol. The van der Waals surface area contributed by atoms with Gasteiger partial charge in [0.1, 0.15) is 11.3 Å². The molecule has 3 rings (SSSR count). The molecule has 0 spiro atoms. The number of carbonyl (C=O) groups is 1. The number of halogens is 2. The van der Waals surface area contributed by atoms with Crippen LogP contribution in [0, 0.1) is 5.82 Å². The molecule has 0 unspecified atom stereocenters. The average molecular weight is 404 g/mol. The first-order chi connectivity index (χ1) is 12.0. The van der Waals surface area contributed by atoms with E-state index in [0.29, 0.717) is 15.4 Å². The van der Waals surface area contributed by atoms with Gasteiger partial charge in [-0.1, -0.05) is 33.3 Å². The van der Waals surface area contributed by atoms with Crippen LogP contribution in [0.25, 0.3) is 17.0 Å². The Morgan fingerprint density at radius 3 is 2.92 bits per heavy atom. The first kappa shape index (κ1) is 17.0. The van der Waals surface area contributed by atoms with Crippen molar-refractivity contribution in [1.29, 1.82) is 0 Å². The second-order valence-corrected chi connectivity index (χ2v) is 5.92. The molecule has 0 radical (unpaired) electrons. The molecule has 0 bridgehead atoms. The Morgan fingerprint density at radius 1 is 1.28 bits per heavy atom. The number of carbonyl (C=O) groups excluding carboxylic acids is 1. The lowest BCUT2D eigenvalue weighted by Gasteiger charge is -2.04. The van der Waals surface area contributed by atoms with E-state index in [1.807, 2.05) is 0 Å². The average Bonchev–Trinajstić information content (AvgIpc) is 2.62. The fraction of sp³-hybridized carbons (Fsp3) is 0.0588. The van der Waals surface area contributed by atoms with Crippen molar-refractivity contribution < 1.29 is 13.9 Å². The number of hydrogen-bond acceptors (Lipinski definition) is 5. The molecule has 0 saturated heterocycles. The summed E-state index contributed by atoms with van der Waals surface area (Å²) in [6.07, 6.45) is 2.36. The Morgan fingerprint density at radius 2 is 2.08 bits per heavy atom. The standard InChI is InChI=1S/C17H11BrFN3O3/c18-12-6-7-14(19)11(9-12)5-8-16(23)25-10-22-17(24)13-3-1-2-4-15(13)20-21-22/h1-9H,10H2/b8-5+. The maximum atomic E-state index is 13.6. The van der Waals surface area contributed by atoms with Crippen LogP contribution < -0.4 is 5.56 Å². The molecule has 0 fully saturated rings. The number of rotatable bonds is 4. The topological polar surface area (TPSA) is 74.1 Å². The predicted molar refractivity (Wildman–Crippen MR) is 93.0 cm³/mol. The summed E-state index contributed by atoms with van der Waals surface area (Å²) in [5, 5.41) is 7.97. The monoisotopic (exact) mass is 403 g/mol. The molecule has 126 valence electrons. The Bertz CT molecular complexity index is 1030. The van der Waals surface area contributed by atoms with E-state index >= 15 is 0 Å². The van der Waals surface area contributed by atoms with Crippen molar-refractivity contribution in [3.63, 3.8) is 0 Å². The van der Waals surface area contributed by atoms with Crippen molar-refractivity contribution in [3.8, 4) is 0 Å². The molecule has 0 N–H and O–H groups in total. The summed E-state index contributed by atoms with van der Waals surface area (Å²) in [5.41, 5.74) is 0.273. The molecule has 2 aromatic carbocycles. The van der Waals surface area contributed by atoms with Crippen molar-refractivity contribution >= 4 is 38.9 Å². The Balaban J connectivity index is 1.70. The van der Waals surface area contributed by atoms with E-state index in [1.165, 1.54) is 18.2 Å². The van der Waals surface area contributed by atoms with Crippen LogP contribution in [0.15, 0.2) is 57.8 Å². The molecule has 1 aromatic heterocycles. The van der Waals surface area contributed by atoms with Gasteiger partial charge in [0.15, 0.2) is 6.73 Å². The van der Waals surface area contributed by atoms with Crippen LogP contribution in [0.2, 0.25) is 0 Å². The van der Waals surface area contributed by atoms with Crippen LogP contribution in [0.4, 0.5) is 4.39 Å². The van der Waals surface area contributed by atoms with Crippen molar-refractivity contribution in [2.24, 2.45) is 0 Å². The van der Waals surface area contributed by atoms with Crippen molar-refractivity contribution in [3.05, 3.63) is 74.7 Å². The normalized spacial score (nSPS) is 11.1.